The Bertz CT molecular complexity index is 264. The first-order valence-electron chi connectivity index (χ1n) is 5.86. The topological polar surface area (TPSA) is 32.3 Å². The zero-order valence-corrected chi connectivity index (χ0v) is 10.2. The molecule has 0 aliphatic heterocycles. The van der Waals surface area contributed by atoms with E-state index in [0.717, 1.165) is 17.7 Å². The molecule has 1 amide bonds. The highest BCUT2D eigenvalue weighted by molar-refractivity contribution is 5.76. The number of carbonyl (C=O) groups excluding carboxylic acids is 1. The summed E-state index contributed by atoms with van der Waals surface area (Å²) in [6, 6.07) is -0.305. The van der Waals surface area contributed by atoms with Gasteiger partial charge in [-0.15, -0.1) is 0 Å². The Kier molecular flexibility index (Phi) is 4.80. The molecule has 100 valence electrons. The normalized spacial score (nSPS) is 17.9. The number of carbonyl (C=O) groups is 1. The maximum atomic E-state index is 12.4. The smallest absolute Gasteiger partial charge is 0.331 e. The van der Waals surface area contributed by atoms with Gasteiger partial charge in [0.1, 0.15) is 6.54 Å². The molecule has 0 aromatic carbocycles. The van der Waals surface area contributed by atoms with Crippen LogP contribution in [0, 0.1) is 5.92 Å². The molecule has 0 aromatic rings. The summed E-state index contributed by atoms with van der Waals surface area (Å²) in [5.41, 5.74) is 0. The third-order valence-electron chi connectivity index (χ3n) is 3.05. The molecule has 0 radical (unpaired) electrons. The van der Waals surface area contributed by atoms with Gasteiger partial charge in [-0.3, -0.25) is 4.79 Å². The minimum absolute atomic E-state index is 0.115. The van der Waals surface area contributed by atoms with E-state index in [0.29, 0.717) is 6.54 Å². The molecule has 3 nitrogen and oxygen atoms in total. The molecule has 1 atom stereocenters. The van der Waals surface area contributed by atoms with Gasteiger partial charge < -0.3 is 10.2 Å². The summed E-state index contributed by atoms with van der Waals surface area (Å²) in [4.78, 5) is 12.7. The number of hydrogen-bond acceptors (Lipinski definition) is 2. The maximum Gasteiger partial charge on any atom is 0.406 e. The number of nitrogens with zero attached hydrogens (tertiary/aromatic N) is 1. The van der Waals surface area contributed by atoms with Crippen LogP contribution >= 0.6 is 0 Å². The molecule has 0 saturated heterocycles. The Morgan fingerprint density at radius 3 is 2.47 bits per heavy atom. The molecule has 1 unspecified atom stereocenters. The van der Waals surface area contributed by atoms with Crippen LogP contribution in [0.3, 0.4) is 0 Å². The zero-order chi connectivity index (χ0) is 13.1. The molecular weight excluding hydrogens is 233 g/mol. The third-order valence-corrected chi connectivity index (χ3v) is 3.05. The van der Waals surface area contributed by atoms with Crippen LogP contribution in [0.5, 0.6) is 0 Å². The summed E-state index contributed by atoms with van der Waals surface area (Å²) in [6.07, 6.45) is -2.36. The van der Waals surface area contributed by atoms with E-state index < -0.39 is 18.6 Å². The fourth-order valence-corrected chi connectivity index (χ4v) is 1.86. The van der Waals surface area contributed by atoms with Gasteiger partial charge in [-0.2, -0.15) is 13.2 Å². The van der Waals surface area contributed by atoms with Gasteiger partial charge in [0.2, 0.25) is 5.91 Å². The van der Waals surface area contributed by atoms with Crippen molar-refractivity contribution in [3.63, 3.8) is 0 Å². The molecule has 0 bridgehead atoms. The highest BCUT2D eigenvalue weighted by Gasteiger charge is 2.40. The number of alkyl halides is 3. The second kappa shape index (κ2) is 5.71. The van der Waals surface area contributed by atoms with Crippen molar-refractivity contribution in [1.82, 2.24) is 10.2 Å². The monoisotopic (exact) mass is 252 g/mol. The van der Waals surface area contributed by atoms with Crippen LogP contribution in [0.15, 0.2) is 0 Å². The van der Waals surface area contributed by atoms with Crippen molar-refractivity contribution in [3.05, 3.63) is 0 Å². The number of halogens is 3. The van der Waals surface area contributed by atoms with E-state index in [1.54, 1.807) is 14.0 Å². The Morgan fingerprint density at radius 1 is 1.47 bits per heavy atom. The number of rotatable bonds is 6. The van der Waals surface area contributed by atoms with Crippen LogP contribution in [-0.2, 0) is 4.79 Å². The van der Waals surface area contributed by atoms with Crippen LogP contribution in [0.4, 0.5) is 13.2 Å². The van der Waals surface area contributed by atoms with Crippen molar-refractivity contribution >= 4 is 5.91 Å². The van der Waals surface area contributed by atoms with Crippen molar-refractivity contribution in [3.8, 4) is 0 Å². The lowest BCUT2D eigenvalue weighted by atomic mass is 10.1. The quantitative estimate of drug-likeness (QED) is 0.781. The molecule has 0 heterocycles. The first-order valence-corrected chi connectivity index (χ1v) is 5.86. The van der Waals surface area contributed by atoms with Crippen LogP contribution in [0.25, 0.3) is 0 Å². The standard InChI is InChI=1S/C11H19F3N2O/c1-8(9-3-4-9)16(7-11(12,13)14)10(17)5-6-15-2/h8-9,15H,3-7H2,1-2H3. The summed E-state index contributed by atoms with van der Waals surface area (Å²) in [7, 11) is 1.67. The average molecular weight is 252 g/mol. The molecule has 6 heteroatoms. The average Bonchev–Trinajstić information content (AvgIpc) is 3.03. The van der Waals surface area contributed by atoms with Gasteiger partial charge >= 0.3 is 6.18 Å². The lowest BCUT2D eigenvalue weighted by Gasteiger charge is -2.30. The Labute approximate surface area is 99.4 Å². The van der Waals surface area contributed by atoms with Crippen molar-refractivity contribution in [2.75, 3.05) is 20.1 Å². The molecule has 1 N–H and O–H groups in total. The summed E-state index contributed by atoms with van der Waals surface area (Å²) in [5.74, 6) is -0.174. The first-order chi connectivity index (χ1) is 7.85. The largest absolute Gasteiger partial charge is 0.406 e. The predicted octanol–water partition coefficient (Wildman–Crippen LogP) is 1.79. The number of hydrogen-bond donors (Lipinski definition) is 1. The van der Waals surface area contributed by atoms with E-state index >= 15 is 0 Å². The fourth-order valence-electron chi connectivity index (χ4n) is 1.86. The van der Waals surface area contributed by atoms with Crippen LogP contribution < -0.4 is 5.32 Å². The highest BCUT2D eigenvalue weighted by Crippen LogP contribution is 2.36. The number of amides is 1. The summed E-state index contributed by atoms with van der Waals surface area (Å²) >= 11 is 0. The molecule has 1 fully saturated rings. The maximum absolute atomic E-state index is 12.4. The van der Waals surface area contributed by atoms with Gasteiger partial charge in [0.25, 0.3) is 0 Å². The van der Waals surface area contributed by atoms with E-state index in [1.165, 1.54) is 0 Å². The van der Waals surface area contributed by atoms with Gasteiger partial charge in [-0.05, 0) is 32.7 Å². The molecule has 1 aliphatic rings. The summed E-state index contributed by atoms with van der Waals surface area (Å²) < 4.78 is 37.3. The van der Waals surface area contributed by atoms with Gasteiger partial charge in [0.05, 0.1) is 0 Å². The fraction of sp³-hybridized carbons (Fsp3) is 0.909. The Hall–Kier alpha value is -0.780. The highest BCUT2D eigenvalue weighted by atomic mass is 19.4. The van der Waals surface area contributed by atoms with Crippen LogP contribution in [0.1, 0.15) is 26.2 Å². The molecule has 1 saturated carbocycles. The van der Waals surface area contributed by atoms with Crippen molar-refractivity contribution in [2.45, 2.75) is 38.4 Å². The zero-order valence-electron chi connectivity index (χ0n) is 10.2. The van der Waals surface area contributed by atoms with Crippen LogP contribution in [-0.4, -0.2) is 43.2 Å². The van der Waals surface area contributed by atoms with Gasteiger partial charge in [-0.1, -0.05) is 0 Å². The van der Waals surface area contributed by atoms with Crippen molar-refractivity contribution in [1.29, 1.82) is 0 Å². The van der Waals surface area contributed by atoms with Gasteiger partial charge in [-0.25, -0.2) is 0 Å². The van der Waals surface area contributed by atoms with E-state index in [9.17, 15) is 18.0 Å². The molecule has 0 spiro atoms. The first kappa shape index (κ1) is 14.3. The molecule has 1 aliphatic carbocycles. The minimum atomic E-state index is -4.32. The minimum Gasteiger partial charge on any atom is -0.331 e. The van der Waals surface area contributed by atoms with Crippen LogP contribution in [0.2, 0.25) is 0 Å². The summed E-state index contributed by atoms with van der Waals surface area (Å²) in [6.45, 7) is 0.985. The van der Waals surface area contributed by atoms with E-state index in [-0.39, 0.29) is 18.4 Å². The molecule has 1 rings (SSSR count). The van der Waals surface area contributed by atoms with Crippen molar-refractivity contribution in [2.24, 2.45) is 5.92 Å². The van der Waals surface area contributed by atoms with Gasteiger partial charge in [0, 0.05) is 19.0 Å². The SMILES string of the molecule is CNCCC(=O)N(CC(F)(F)F)C(C)C1CC1. The second-order valence-electron chi connectivity index (χ2n) is 4.57. The Balaban J connectivity index is 2.60. The molecular formula is C11H19F3N2O. The third kappa shape index (κ3) is 4.93. The lowest BCUT2D eigenvalue weighted by molar-refractivity contribution is -0.166. The molecule has 17 heavy (non-hydrogen) atoms. The number of nitrogens with one attached hydrogen (secondary N) is 1. The lowest BCUT2D eigenvalue weighted by Crippen LogP contribution is -2.46. The second-order valence-corrected chi connectivity index (χ2v) is 4.57. The summed E-state index contributed by atoms with van der Waals surface area (Å²) in [5, 5.41) is 2.77. The van der Waals surface area contributed by atoms with E-state index in [2.05, 4.69) is 5.32 Å². The Morgan fingerprint density at radius 2 is 2.06 bits per heavy atom. The predicted molar refractivity (Wildman–Crippen MR) is 58.5 cm³/mol. The van der Waals surface area contributed by atoms with E-state index in [1.807, 2.05) is 0 Å². The van der Waals surface area contributed by atoms with Gasteiger partial charge in [0.15, 0.2) is 0 Å². The van der Waals surface area contributed by atoms with Crippen molar-refractivity contribution < 1.29 is 18.0 Å². The molecule has 0 aromatic heterocycles. The van der Waals surface area contributed by atoms with E-state index in [4.69, 9.17) is 0 Å².